The summed E-state index contributed by atoms with van der Waals surface area (Å²) in [6.45, 7) is 1.73. The summed E-state index contributed by atoms with van der Waals surface area (Å²) in [6, 6.07) is 5.21. The van der Waals surface area contributed by atoms with Crippen LogP contribution in [0.3, 0.4) is 0 Å². The SMILES string of the molecule is COc1ccc(Br)cc1NC(=O)[C@H]1[C@H](C(=O)O)[C@H]2C=C[C@@]1(C)O2. The number of carbonyl (C=O) groups is 2. The summed E-state index contributed by atoms with van der Waals surface area (Å²) >= 11 is 3.34. The van der Waals surface area contributed by atoms with Crippen LogP contribution in [-0.4, -0.2) is 35.8 Å². The molecule has 0 radical (unpaired) electrons. The van der Waals surface area contributed by atoms with Gasteiger partial charge in [-0.1, -0.05) is 28.1 Å². The van der Waals surface area contributed by atoms with Gasteiger partial charge in [0.05, 0.1) is 30.4 Å². The van der Waals surface area contributed by atoms with Crippen molar-refractivity contribution in [3.63, 3.8) is 0 Å². The van der Waals surface area contributed by atoms with E-state index in [2.05, 4.69) is 21.2 Å². The van der Waals surface area contributed by atoms with Crippen molar-refractivity contribution in [1.82, 2.24) is 0 Å². The van der Waals surface area contributed by atoms with Gasteiger partial charge in [-0.25, -0.2) is 0 Å². The second kappa shape index (κ2) is 5.65. The fraction of sp³-hybridized carbons (Fsp3) is 0.375. The van der Waals surface area contributed by atoms with Crippen molar-refractivity contribution in [2.45, 2.75) is 18.6 Å². The summed E-state index contributed by atoms with van der Waals surface area (Å²) < 4.78 is 11.7. The second-order valence-electron chi connectivity index (χ2n) is 5.80. The number of rotatable bonds is 4. The number of amides is 1. The number of fused-ring (bicyclic) bond motifs is 2. The van der Waals surface area contributed by atoms with Crippen LogP contribution in [-0.2, 0) is 14.3 Å². The maximum Gasteiger partial charge on any atom is 0.310 e. The minimum Gasteiger partial charge on any atom is -0.495 e. The van der Waals surface area contributed by atoms with Crippen LogP contribution >= 0.6 is 15.9 Å². The Labute approximate surface area is 141 Å². The van der Waals surface area contributed by atoms with E-state index in [9.17, 15) is 14.7 Å². The lowest BCUT2D eigenvalue weighted by molar-refractivity contribution is -0.146. The minimum absolute atomic E-state index is 0.400. The van der Waals surface area contributed by atoms with Gasteiger partial charge in [0.1, 0.15) is 11.7 Å². The lowest BCUT2D eigenvalue weighted by atomic mass is 9.75. The third-order valence-corrected chi connectivity index (χ3v) is 4.82. The van der Waals surface area contributed by atoms with Gasteiger partial charge in [-0.3, -0.25) is 9.59 Å². The zero-order valence-corrected chi connectivity index (χ0v) is 14.2. The Morgan fingerprint density at radius 2 is 2.17 bits per heavy atom. The molecule has 2 bridgehead atoms. The van der Waals surface area contributed by atoms with Crippen molar-refractivity contribution >= 4 is 33.5 Å². The van der Waals surface area contributed by atoms with Crippen molar-refractivity contribution in [1.29, 1.82) is 0 Å². The predicted octanol–water partition coefficient (Wildman–Crippen LogP) is 2.44. The molecule has 23 heavy (non-hydrogen) atoms. The molecule has 2 aliphatic heterocycles. The molecule has 0 unspecified atom stereocenters. The average Bonchev–Trinajstić information content (AvgIpc) is 3.00. The molecule has 122 valence electrons. The number of hydrogen-bond donors (Lipinski definition) is 2. The van der Waals surface area contributed by atoms with E-state index >= 15 is 0 Å². The van der Waals surface area contributed by atoms with Gasteiger partial charge < -0.3 is 19.9 Å². The number of carboxylic acids is 1. The molecule has 1 amide bonds. The van der Waals surface area contributed by atoms with Gasteiger partial charge in [0, 0.05) is 4.47 Å². The molecule has 1 aromatic carbocycles. The van der Waals surface area contributed by atoms with Gasteiger partial charge >= 0.3 is 5.97 Å². The number of carbonyl (C=O) groups excluding carboxylic acids is 1. The molecule has 3 rings (SSSR count). The molecule has 1 fully saturated rings. The summed E-state index contributed by atoms with van der Waals surface area (Å²) in [5.41, 5.74) is -0.428. The van der Waals surface area contributed by atoms with E-state index < -0.39 is 35.4 Å². The van der Waals surface area contributed by atoms with Crippen molar-refractivity contribution in [3.05, 3.63) is 34.8 Å². The highest BCUT2D eigenvalue weighted by Crippen LogP contribution is 2.47. The van der Waals surface area contributed by atoms with Gasteiger partial charge in [0.25, 0.3) is 0 Å². The molecule has 6 nitrogen and oxygen atoms in total. The maximum absolute atomic E-state index is 12.7. The highest BCUT2D eigenvalue weighted by atomic mass is 79.9. The van der Waals surface area contributed by atoms with Crippen LogP contribution in [0, 0.1) is 11.8 Å². The Morgan fingerprint density at radius 3 is 2.83 bits per heavy atom. The lowest BCUT2D eigenvalue weighted by Gasteiger charge is -2.28. The van der Waals surface area contributed by atoms with Crippen molar-refractivity contribution in [2.75, 3.05) is 12.4 Å². The molecular formula is C16H16BrNO5. The van der Waals surface area contributed by atoms with Gasteiger partial charge in [-0.05, 0) is 25.1 Å². The molecule has 4 atom stereocenters. The van der Waals surface area contributed by atoms with Crippen LogP contribution in [0.5, 0.6) is 5.75 Å². The van der Waals surface area contributed by atoms with Crippen LogP contribution in [0.25, 0.3) is 0 Å². The van der Waals surface area contributed by atoms with Crippen molar-refractivity contribution < 1.29 is 24.2 Å². The first-order valence-electron chi connectivity index (χ1n) is 7.10. The molecule has 0 saturated carbocycles. The number of hydrogen-bond acceptors (Lipinski definition) is 4. The van der Waals surface area contributed by atoms with E-state index in [1.807, 2.05) is 0 Å². The zero-order valence-electron chi connectivity index (χ0n) is 12.6. The molecule has 7 heteroatoms. The number of anilines is 1. The van der Waals surface area contributed by atoms with Gasteiger partial charge in [0.2, 0.25) is 5.91 Å². The molecule has 2 aliphatic rings. The number of carboxylic acid groups (broad SMARTS) is 1. The Balaban J connectivity index is 1.90. The molecule has 1 saturated heterocycles. The van der Waals surface area contributed by atoms with E-state index in [1.165, 1.54) is 7.11 Å². The van der Waals surface area contributed by atoms with Crippen LogP contribution in [0.1, 0.15) is 6.92 Å². The Kier molecular flexibility index (Phi) is 3.93. The molecule has 1 aromatic rings. The number of methoxy groups -OCH3 is 1. The average molecular weight is 382 g/mol. The minimum atomic E-state index is -1.04. The van der Waals surface area contributed by atoms with E-state index in [-0.39, 0.29) is 0 Å². The smallest absolute Gasteiger partial charge is 0.310 e. The van der Waals surface area contributed by atoms with Gasteiger partial charge in [0.15, 0.2) is 0 Å². The van der Waals surface area contributed by atoms with E-state index in [0.717, 1.165) is 4.47 Å². The van der Waals surface area contributed by atoms with Crippen LogP contribution in [0.4, 0.5) is 5.69 Å². The first kappa shape index (κ1) is 16.0. The van der Waals surface area contributed by atoms with Crippen molar-refractivity contribution in [2.24, 2.45) is 11.8 Å². The molecular weight excluding hydrogens is 366 g/mol. The van der Waals surface area contributed by atoms with Crippen molar-refractivity contribution in [3.8, 4) is 5.75 Å². The first-order valence-corrected chi connectivity index (χ1v) is 7.89. The summed E-state index contributed by atoms with van der Waals surface area (Å²) in [4.78, 5) is 24.3. The Hall–Kier alpha value is -1.86. The van der Waals surface area contributed by atoms with E-state index in [1.54, 1.807) is 37.3 Å². The highest BCUT2D eigenvalue weighted by molar-refractivity contribution is 9.10. The number of halogens is 1. The molecule has 0 spiro atoms. The monoisotopic (exact) mass is 381 g/mol. The standard InChI is InChI=1S/C16H16BrNO5/c1-16-6-5-11(23-16)12(15(20)21)13(16)14(19)18-9-7-8(17)3-4-10(9)22-2/h3-7,11-13H,1-2H3,(H,18,19)(H,20,21)/t11-,12-,13-,16-/m1/s1. The van der Waals surface area contributed by atoms with E-state index in [0.29, 0.717) is 11.4 Å². The number of nitrogens with one attached hydrogen (secondary N) is 1. The van der Waals surface area contributed by atoms with E-state index in [4.69, 9.17) is 9.47 Å². The third kappa shape index (κ3) is 2.64. The number of ether oxygens (including phenoxy) is 2. The largest absolute Gasteiger partial charge is 0.495 e. The quantitative estimate of drug-likeness (QED) is 0.782. The fourth-order valence-corrected chi connectivity index (χ4v) is 3.63. The second-order valence-corrected chi connectivity index (χ2v) is 6.72. The summed E-state index contributed by atoms with van der Waals surface area (Å²) in [6.07, 6.45) is 2.90. The Bertz CT molecular complexity index is 704. The summed E-state index contributed by atoms with van der Waals surface area (Å²) in [7, 11) is 1.50. The van der Waals surface area contributed by atoms with Gasteiger partial charge in [-0.15, -0.1) is 0 Å². The Morgan fingerprint density at radius 1 is 1.43 bits per heavy atom. The predicted molar refractivity (Wildman–Crippen MR) is 86.4 cm³/mol. The van der Waals surface area contributed by atoms with Crippen LogP contribution in [0.2, 0.25) is 0 Å². The van der Waals surface area contributed by atoms with Gasteiger partial charge in [-0.2, -0.15) is 0 Å². The zero-order chi connectivity index (χ0) is 16.8. The maximum atomic E-state index is 12.7. The van der Waals surface area contributed by atoms with Crippen LogP contribution < -0.4 is 10.1 Å². The summed E-state index contributed by atoms with van der Waals surface area (Å²) in [5, 5.41) is 12.2. The number of aliphatic carboxylic acids is 1. The number of benzene rings is 1. The normalized spacial score (nSPS) is 31.2. The first-order chi connectivity index (χ1) is 10.9. The molecule has 0 aliphatic carbocycles. The summed E-state index contributed by atoms with van der Waals surface area (Å²) in [5.74, 6) is -2.65. The topological polar surface area (TPSA) is 84.9 Å². The molecule has 2 N–H and O–H groups in total. The molecule has 2 heterocycles. The highest BCUT2D eigenvalue weighted by Gasteiger charge is 2.59. The molecule has 0 aromatic heterocycles. The fourth-order valence-electron chi connectivity index (χ4n) is 3.27. The van der Waals surface area contributed by atoms with Crippen LogP contribution in [0.15, 0.2) is 34.8 Å². The third-order valence-electron chi connectivity index (χ3n) is 4.32. The lowest BCUT2D eigenvalue weighted by Crippen LogP contribution is -2.44.